The molecule has 2 aromatic carbocycles. The van der Waals surface area contributed by atoms with Crippen LogP contribution in [0.4, 0.5) is 0 Å². The van der Waals surface area contributed by atoms with E-state index in [9.17, 15) is 19.2 Å². The maximum absolute atomic E-state index is 13.6. The fraction of sp³-hybridized carbons (Fsp3) is 0.400. The number of rotatable bonds is 12. The van der Waals surface area contributed by atoms with Crippen molar-refractivity contribution in [2.75, 3.05) is 40.3 Å². The Bertz CT molecular complexity index is 1590. The van der Waals surface area contributed by atoms with Gasteiger partial charge in [0.25, 0.3) is 23.6 Å². The van der Waals surface area contributed by atoms with E-state index in [4.69, 9.17) is 0 Å². The third-order valence-corrected chi connectivity index (χ3v) is 8.07. The molecule has 0 bridgehead atoms. The number of imide groups is 2. The topological polar surface area (TPSA) is 143 Å². The second-order valence-corrected chi connectivity index (χ2v) is 11.5. The number of carbonyl (C=O) groups excluding carboxylic acids is 4. The van der Waals surface area contributed by atoms with Gasteiger partial charge in [0.15, 0.2) is 0 Å². The van der Waals surface area contributed by atoms with Crippen molar-refractivity contribution >= 4 is 34.4 Å². The SMILES string of the molecule is CN(CCCN1C(=O)c2ccc3c4c(ccc(c24)C1=O)C(=O)N(CCCN(C)Cc1cn(C)nn1)C3=O)Cc1cn(C)nn1. The van der Waals surface area contributed by atoms with E-state index in [0.717, 1.165) is 11.4 Å². The summed E-state index contributed by atoms with van der Waals surface area (Å²) in [4.78, 5) is 60.8. The van der Waals surface area contributed by atoms with Crippen LogP contribution in [0.1, 0.15) is 65.7 Å². The van der Waals surface area contributed by atoms with Crippen LogP contribution in [-0.2, 0) is 27.2 Å². The zero-order chi connectivity index (χ0) is 31.1. The molecule has 228 valence electrons. The Balaban J connectivity index is 1.14. The van der Waals surface area contributed by atoms with Gasteiger partial charge >= 0.3 is 0 Å². The van der Waals surface area contributed by atoms with E-state index in [2.05, 4.69) is 30.4 Å². The third-order valence-electron chi connectivity index (χ3n) is 8.07. The van der Waals surface area contributed by atoms with Gasteiger partial charge in [-0.2, -0.15) is 0 Å². The van der Waals surface area contributed by atoms with Gasteiger partial charge in [-0.05, 0) is 64.3 Å². The number of carbonyl (C=O) groups is 4. The Morgan fingerprint density at radius 2 is 0.932 bits per heavy atom. The summed E-state index contributed by atoms with van der Waals surface area (Å²) >= 11 is 0. The van der Waals surface area contributed by atoms with E-state index in [1.807, 2.05) is 40.6 Å². The van der Waals surface area contributed by atoms with Gasteiger partial charge in [0.2, 0.25) is 0 Å². The Morgan fingerprint density at radius 1 is 0.591 bits per heavy atom. The summed E-state index contributed by atoms with van der Waals surface area (Å²) in [5, 5.41) is 16.9. The molecule has 14 heteroatoms. The van der Waals surface area contributed by atoms with E-state index >= 15 is 0 Å². The molecule has 4 aromatic rings. The van der Waals surface area contributed by atoms with Crippen molar-refractivity contribution in [2.45, 2.75) is 25.9 Å². The maximum atomic E-state index is 13.6. The van der Waals surface area contributed by atoms with E-state index in [1.54, 1.807) is 33.6 Å². The molecular formula is C30H34N10O4. The van der Waals surface area contributed by atoms with Crippen molar-refractivity contribution in [1.29, 1.82) is 0 Å². The lowest BCUT2D eigenvalue weighted by Gasteiger charge is -2.32. The maximum Gasteiger partial charge on any atom is 0.261 e. The minimum atomic E-state index is -0.420. The summed E-state index contributed by atoms with van der Waals surface area (Å²) in [5.74, 6) is -1.68. The normalized spacial score (nSPS) is 14.7. The van der Waals surface area contributed by atoms with Crippen LogP contribution in [-0.4, -0.2) is 113 Å². The molecule has 14 nitrogen and oxygen atoms in total. The summed E-state index contributed by atoms with van der Waals surface area (Å²) in [6.07, 6.45) is 4.84. The number of benzene rings is 2. The zero-order valence-corrected chi connectivity index (χ0v) is 25.2. The Labute approximate surface area is 253 Å². The van der Waals surface area contributed by atoms with Crippen molar-refractivity contribution in [3.8, 4) is 0 Å². The van der Waals surface area contributed by atoms with Crippen LogP contribution in [0.5, 0.6) is 0 Å². The van der Waals surface area contributed by atoms with Crippen molar-refractivity contribution in [2.24, 2.45) is 14.1 Å². The first-order valence-corrected chi connectivity index (χ1v) is 14.5. The molecular weight excluding hydrogens is 564 g/mol. The van der Waals surface area contributed by atoms with E-state index < -0.39 is 23.6 Å². The molecule has 4 heterocycles. The predicted octanol–water partition coefficient (Wildman–Crippen LogP) is 1.33. The molecule has 0 aliphatic carbocycles. The highest BCUT2D eigenvalue weighted by Gasteiger charge is 2.39. The van der Waals surface area contributed by atoms with Gasteiger partial charge in [0, 0.05) is 85.7 Å². The molecule has 0 atom stereocenters. The van der Waals surface area contributed by atoms with E-state index in [-0.39, 0.29) is 13.1 Å². The molecule has 6 rings (SSSR count). The molecule has 44 heavy (non-hydrogen) atoms. The Kier molecular flexibility index (Phi) is 7.78. The molecule has 0 saturated carbocycles. The second-order valence-electron chi connectivity index (χ2n) is 11.5. The molecule has 2 aliphatic rings. The van der Waals surface area contributed by atoms with Crippen LogP contribution >= 0.6 is 0 Å². The number of aromatic nitrogens is 6. The molecule has 0 radical (unpaired) electrons. The first-order chi connectivity index (χ1) is 21.1. The first kappa shape index (κ1) is 29.3. The summed E-state index contributed by atoms with van der Waals surface area (Å²) in [5.41, 5.74) is 2.98. The Morgan fingerprint density at radius 3 is 1.23 bits per heavy atom. The molecule has 0 spiro atoms. The van der Waals surface area contributed by atoms with Crippen LogP contribution in [0.2, 0.25) is 0 Å². The average Bonchev–Trinajstić information content (AvgIpc) is 3.60. The molecule has 0 saturated heterocycles. The molecule has 2 aromatic heterocycles. The number of nitrogens with zero attached hydrogens (tertiary/aromatic N) is 10. The van der Waals surface area contributed by atoms with Crippen LogP contribution in [0.15, 0.2) is 36.7 Å². The predicted molar refractivity (Wildman–Crippen MR) is 159 cm³/mol. The van der Waals surface area contributed by atoms with Gasteiger partial charge in [0.1, 0.15) is 0 Å². The van der Waals surface area contributed by atoms with Crippen molar-refractivity contribution in [1.82, 2.24) is 49.6 Å². The van der Waals surface area contributed by atoms with Crippen molar-refractivity contribution in [3.63, 3.8) is 0 Å². The van der Waals surface area contributed by atoms with Crippen LogP contribution in [0, 0.1) is 0 Å². The lowest BCUT2D eigenvalue weighted by Crippen LogP contribution is -2.44. The van der Waals surface area contributed by atoms with Crippen molar-refractivity contribution < 1.29 is 19.2 Å². The monoisotopic (exact) mass is 598 g/mol. The van der Waals surface area contributed by atoms with Gasteiger partial charge in [-0.1, -0.05) is 10.4 Å². The minimum absolute atomic E-state index is 0.240. The third kappa shape index (κ3) is 5.37. The lowest BCUT2D eigenvalue weighted by molar-refractivity contribution is 0.0583. The molecule has 4 amide bonds. The van der Waals surface area contributed by atoms with Gasteiger partial charge in [-0.15, -0.1) is 10.2 Å². The number of aryl methyl sites for hydroxylation is 2. The van der Waals surface area contributed by atoms with E-state index in [0.29, 0.717) is 72.0 Å². The van der Waals surface area contributed by atoms with Gasteiger partial charge in [0.05, 0.1) is 11.4 Å². The van der Waals surface area contributed by atoms with Crippen LogP contribution in [0.25, 0.3) is 10.8 Å². The summed E-state index contributed by atoms with van der Waals surface area (Å²) < 4.78 is 3.29. The molecule has 0 unspecified atom stereocenters. The quantitative estimate of drug-likeness (QED) is 0.219. The number of amides is 4. The molecule has 0 N–H and O–H groups in total. The van der Waals surface area contributed by atoms with Gasteiger partial charge in [-0.3, -0.25) is 38.3 Å². The molecule has 2 aliphatic heterocycles. The fourth-order valence-electron chi connectivity index (χ4n) is 6.02. The summed E-state index contributed by atoms with van der Waals surface area (Å²) in [6.45, 7) is 2.96. The van der Waals surface area contributed by atoms with Crippen LogP contribution in [0.3, 0.4) is 0 Å². The largest absolute Gasteiger partial charge is 0.300 e. The van der Waals surface area contributed by atoms with Gasteiger partial charge < -0.3 is 9.80 Å². The number of hydrogen-bond donors (Lipinski definition) is 0. The second kappa shape index (κ2) is 11.7. The summed E-state index contributed by atoms with van der Waals surface area (Å²) in [7, 11) is 7.51. The average molecular weight is 599 g/mol. The van der Waals surface area contributed by atoms with E-state index in [1.165, 1.54) is 9.80 Å². The standard InChI is InChI=1S/C30H34N10O4/c1-35(15-19-17-37(3)33-31-19)11-5-13-39-27(41)21-7-9-23-26-24(10-8-22(25(21)26)28(39)42)30(44)40(29(23)43)14-6-12-36(2)16-20-18-38(4)34-32-20/h7-10,17-18H,5-6,11-16H2,1-4H3. The smallest absolute Gasteiger partial charge is 0.261 e. The van der Waals surface area contributed by atoms with Crippen LogP contribution < -0.4 is 0 Å². The molecule has 0 fully saturated rings. The number of hydrogen-bond acceptors (Lipinski definition) is 10. The minimum Gasteiger partial charge on any atom is -0.300 e. The zero-order valence-electron chi connectivity index (χ0n) is 25.2. The highest BCUT2D eigenvalue weighted by atomic mass is 16.2. The summed E-state index contributed by atoms with van der Waals surface area (Å²) in [6, 6.07) is 6.42. The first-order valence-electron chi connectivity index (χ1n) is 14.5. The highest BCUT2D eigenvalue weighted by molar-refractivity contribution is 6.33. The van der Waals surface area contributed by atoms with Gasteiger partial charge in [-0.25, -0.2) is 0 Å². The lowest BCUT2D eigenvalue weighted by atomic mass is 9.86. The fourth-order valence-corrected chi connectivity index (χ4v) is 6.02. The van der Waals surface area contributed by atoms with Crippen molar-refractivity contribution in [3.05, 3.63) is 70.3 Å². The highest BCUT2D eigenvalue weighted by Crippen LogP contribution is 2.37. The Hall–Kier alpha value is -4.82.